The van der Waals surface area contributed by atoms with Crippen molar-refractivity contribution < 1.29 is 47.8 Å². The van der Waals surface area contributed by atoms with Gasteiger partial charge in [0.1, 0.15) is 6.61 Å². The average molecular weight is 794 g/mol. The molecular weight excluding hydrogens is 721 g/mol. The largest absolute Gasteiger partial charge is 0.472 e. The van der Waals surface area contributed by atoms with Crippen LogP contribution in [0.4, 0.5) is 0 Å². The third-order valence-electron chi connectivity index (χ3n) is 7.96. The lowest BCUT2D eigenvalue weighted by atomic mass is 10.1. The van der Waals surface area contributed by atoms with Crippen molar-refractivity contribution in [1.29, 1.82) is 0 Å². The minimum absolute atomic E-state index is 0.00625. The third-order valence-corrected chi connectivity index (χ3v) is 8.94. The van der Waals surface area contributed by atoms with Crippen molar-refractivity contribution >= 4 is 19.8 Å². The van der Waals surface area contributed by atoms with Gasteiger partial charge in [0.2, 0.25) is 0 Å². The Labute approximate surface area is 331 Å². The Morgan fingerprint density at radius 1 is 0.673 bits per heavy atom. The van der Waals surface area contributed by atoms with Gasteiger partial charge in [-0.1, -0.05) is 131 Å². The zero-order valence-corrected chi connectivity index (χ0v) is 34.5. The highest BCUT2D eigenvalue weighted by atomic mass is 31.2. The van der Waals surface area contributed by atoms with E-state index in [2.05, 4.69) is 56.4 Å². The molecule has 55 heavy (non-hydrogen) atoms. The van der Waals surface area contributed by atoms with E-state index in [1.54, 1.807) is 36.5 Å². The lowest BCUT2D eigenvalue weighted by Gasteiger charge is -2.20. The van der Waals surface area contributed by atoms with Crippen LogP contribution in [0.5, 0.6) is 0 Å². The van der Waals surface area contributed by atoms with E-state index in [-0.39, 0.29) is 32.6 Å². The van der Waals surface area contributed by atoms with Crippen LogP contribution in [-0.2, 0) is 32.7 Å². The van der Waals surface area contributed by atoms with Gasteiger partial charge in [-0.05, 0) is 70.6 Å². The molecule has 4 atom stereocenters. The van der Waals surface area contributed by atoms with Gasteiger partial charge < -0.3 is 30.3 Å². The van der Waals surface area contributed by atoms with Crippen LogP contribution >= 0.6 is 7.82 Å². The number of ether oxygens (including phenoxy) is 2. The van der Waals surface area contributed by atoms with Gasteiger partial charge in [-0.15, -0.1) is 0 Å². The number of phosphoric acid groups is 1. The second-order valence-corrected chi connectivity index (χ2v) is 14.6. The number of phosphoric ester groups is 1. The minimum atomic E-state index is -4.45. The summed E-state index contributed by atoms with van der Waals surface area (Å²) in [5.41, 5.74) is 5.32. The minimum Gasteiger partial charge on any atom is -0.462 e. The van der Waals surface area contributed by atoms with E-state index in [1.165, 1.54) is 12.8 Å². The number of carbonyl (C=O) groups is 2. The first-order valence-electron chi connectivity index (χ1n) is 20.3. The summed E-state index contributed by atoms with van der Waals surface area (Å²) in [6.07, 6.45) is 39.6. The lowest BCUT2D eigenvalue weighted by molar-refractivity contribution is -0.161. The SMILES string of the molecule is CC/C=C\C/C=C\C/C=C\CCCCCCCC(=O)OC[C@H](COP(=O)(O)OCCN)OC(=O)CCC[C@@H](O)\C=C/C=C/C=C/[C@@H](O)C/C=C\CCCCC. The Balaban J connectivity index is 4.52. The van der Waals surface area contributed by atoms with Crippen molar-refractivity contribution in [2.75, 3.05) is 26.4 Å². The number of hydrogen-bond donors (Lipinski definition) is 4. The summed E-state index contributed by atoms with van der Waals surface area (Å²) >= 11 is 0. The first-order chi connectivity index (χ1) is 26.6. The number of aliphatic hydroxyl groups is 2. The van der Waals surface area contributed by atoms with Crippen LogP contribution in [0, 0.1) is 0 Å². The molecule has 11 nitrogen and oxygen atoms in total. The number of allylic oxidation sites excluding steroid dienone is 11. The Morgan fingerprint density at radius 3 is 1.96 bits per heavy atom. The molecule has 0 aromatic rings. The topological polar surface area (TPSA) is 175 Å². The molecule has 0 saturated carbocycles. The van der Waals surface area contributed by atoms with Gasteiger partial charge in [-0.25, -0.2) is 4.57 Å². The van der Waals surface area contributed by atoms with Gasteiger partial charge in [-0.3, -0.25) is 18.6 Å². The van der Waals surface area contributed by atoms with Crippen molar-refractivity contribution in [3.05, 3.63) is 85.1 Å². The van der Waals surface area contributed by atoms with Crippen molar-refractivity contribution in [1.82, 2.24) is 0 Å². The zero-order valence-electron chi connectivity index (χ0n) is 33.6. The molecule has 0 rings (SSSR count). The molecule has 1 unspecified atom stereocenters. The number of hydrogen-bond acceptors (Lipinski definition) is 10. The van der Waals surface area contributed by atoms with E-state index < -0.39 is 44.7 Å². The number of rotatable bonds is 36. The van der Waals surface area contributed by atoms with Gasteiger partial charge in [-0.2, -0.15) is 0 Å². The van der Waals surface area contributed by atoms with Crippen LogP contribution in [-0.4, -0.2) is 71.7 Å². The maximum atomic E-state index is 12.6. The van der Waals surface area contributed by atoms with E-state index in [0.717, 1.165) is 64.2 Å². The summed E-state index contributed by atoms with van der Waals surface area (Å²) in [4.78, 5) is 34.8. The van der Waals surface area contributed by atoms with Gasteiger partial charge in [0.05, 0.1) is 25.4 Å². The standard InChI is InChI=1S/C43H72NO10P/c1-3-5-7-9-11-12-13-14-15-16-17-18-19-21-27-33-42(47)51-37-41(38-53-55(49,50)52-36-35-44)54-43(48)34-28-32-40(46)31-26-23-22-25-30-39(45)29-24-20-10-8-6-4-2/h5,7,11-12,14-15,20,22-26,30-31,39-41,45-46H,3-4,6,8-10,13,16-19,21,27-29,32-38,44H2,1-2H3,(H,49,50)/b7-5-,12-11-,15-14-,23-22+,24-20-,30-25+,31-26-/t39-,40-,41+/m0/s1. The van der Waals surface area contributed by atoms with Gasteiger partial charge >= 0.3 is 19.8 Å². The fourth-order valence-electron chi connectivity index (χ4n) is 4.90. The quantitative estimate of drug-likeness (QED) is 0.0157. The smallest absolute Gasteiger partial charge is 0.462 e. The summed E-state index contributed by atoms with van der Waals surface area (Å²) < 4.78 is 32.5. The number of esters is 2. The maximum Gasteiger partial charge on any atom is 0.472 e. The van der Waals surface area contributed by atoms with Crippen molar-refractivity contribution in [2.45, 2.75) is 148 Å². The van der Waals surface area contributed by atoms with Crippen LogP contribution in [0.25, 0.3) is 0 Å². The normalized spacial score (nSPS) is 15.4. The molecule has 5 N–H and O–H groups in total. The van der Waals surface area contributed by atoms with Gasteiger partial charge in [0, 0.05) is 19.4 Å². The molecule has 0 spiro atoms. The predicted octanol–water partition coefficient (Wildman–Crippen LogP) is 9.21. The van der Waals surface area contributed by atoms with E-state index in [0.29, 0.717) is 25.7 Å². The maximum absolute atomic E-state index is 12.6. The Morgan fingerprint density at radius 2 is 1.27 bits per heavy atom. The summed E-state index contributed by atoms with van der Waals surface area (Å²) in [6.45, 7) is 3.22. The third kappa shape index (κ3) is 37.8. The molecule has 0 aromatic heterocycles. The van der Waals surface area contributed by atoms with E-state index in [9.17, 15) is 29.3 Å². The fourth-order valence-corrected chi connectivity index (χ4v) is 5.66. The average Bonchev–Trinajstić information content (AvgIpc) is 3.16. The molecular formula is C43H72NO10P. The highest BCUT2D eigenvalue weighted by Crippen LogP contribution is 2.43. The van der Waals surface area contributed by atoms with E-state index >= 15 is 0 Å². The van der Waals surface area contributed by atoms with Crippen LogP contribution < -0.4 is 5.73 Å². The molecule has 0 aliphatic rings. The summed E-state index contributed by atoms with van der Waals surface area (Å²) in [5, 5.41) is 20.3. The molecule has 0 bridgehead atoms. The summed E-state index contributed by atoms with van der Waals surface area (Å²) in [7, 11) is -4.45. The van der Waals surface area contributed by atoms with Crippen LogP contribution in [0.1, 0.15) is 129 Å². The molecule has 0 aliphatic carbocycles. The van der Waals surface area contributed by atoms with E-state index in [4.69, 9.17) is 24.3 Å². The number of unbranched alkanes of at least 4 members (excludes halogenated alkanes) is 8. The van der Waals surface area contributed by atoms with E-state index in [1.807, 2.05) is 6.08 Å². The van der Waals surface area contributed by atoms with Gasteiger partial charge in [0.25, 0.3) is 0 Å². The monoisotopic (exact) mass is 793 g/mol. The highest BCUT2D eigenvalue weighted by Gasteiger charge is 2.26. The van der Waals surface area contributed by atoms with Crippen molar-refractivity contribution in [2.24, 2.45) is 5.73 Å². The second-order valence-electron chi connectivity index (χ2n) is 13.2. The molecule has 0 fully saturated rings. The van der Waals surface area contributed by atoms with Crippen LogP contribution in [0.15, 0.2) is 85.1 Å². The van der Waals surface area contributed by atoms with Crippen LogP contribution in [0.2, 0.25) is 0 Å². The molecule has 0 heterocycles. The van der Waals surface area contributed by atoms with Crippen LogP contribution in [0.3, 0.4) is 0 Å². The molecule has 0 saturated heterocycles. The number of nitrogens with two attached hydrogens (primary N) is 1. The van der Waals surface area contributed by atoms with Gasteiger partial charge in [0.15, 0.2) is 6.10 Å². The predicted molar refractivity (Wildman–Crippen MR) is 222 cm³/mol. The Kier molecular flexibility index (Phi) is 36.0. The fraction of sp³-hybridized carbons (Fsp3) is 0.628. The Hall–Kier alpha value is -2.89. The zero-order chi connectivity index (χ0) is 40.7. The molecule has 0 radical (unpaired) electrons. The first kappa shape index (κ1) is 52.1. The molecule has 314 valence electrons. The van der Waals surface area contributed by atoms with Crippen molar-refractivity contribution in [3.8, 4) is 0 Å². The van der Waals surface area contributed by atoms with Crippen molar-refractivity contribution in [3.63, 3.8) is 0 Å². The Bertz CT molecular complexity index is 1210. The number of carbonyl (C=O) groups excluding carboxylic acids is 2. The lowest BCUT2D eigenvalue weighted by Crippen LogP contribution is -2.29. The first-order valence-corrected chi connectivity index (χ1v) is 21.8. The summed E-state index contributed by atoms with van der Waals surface area (Å²) in [5.74, 6) is -1.10. The number of aliphatic hydroxyl groups excluding tert-OH is 2. The molecule has 12 heteroatoms. The molecule has 0 amide bonds. The molecule has 0 aromatic carbocycles. The highest BCUT2D eigenvalue weighted by molar-refractivity contribution is 7.47. The second kappa shape index (κ2) is 38.0. The summed E-state index contributed by atoms with van der Waals surface area (Å²) in [6, 6.07) is 0. The molecule has 0 aliphatic heterocycles.